The molecular weight excluding hydrogens is 252 g/mol. The average Bonchev–Trinajstić information content (AvgIpc) is 2.50. The zero-order valence-electron chi connectivity index (χ0n) is 12.0. The van der Waals surface area contributed by atoms with Crippen molar-refractivity contribution in [2.75, 3.05) is 39.4 Å². The number of benzene rings is 1. The molecule has 0 unspecified atom stereocenters. The first-order chi connectivity index (χ1) is 9.90. The van der Waals surface area contributed by atoms with Gasteiger partial charge in [-0.25, -0.2) is 0 Å². The lowest BCUT2D eigenvalue weighted by Crippen LogP contribution is -2.42. The maximum Gasteiger partial charge on any atom is 0.120 e. The summed E-state index contributed by atoms with van der Waals surface area (Å²) in [4.78, 5) is 2.49. The van der Waals surface area contributed by atoms with Crippen molar-refractivity contribution in [3.8, 4) is 5.75 Å². The Bertz CT molecular complexity index is 377. The van der Waals surface area contributed by atoms with Crippen LogP contribution < -0.4 is 10.1 Å². The van der Waals surface area contributed by atoms with Crippen LogP contribution in [0.2, 0.25) is 0 Å². The van der Waals surface area contributed by atoms with E-state index in [-0.39, 0.29) is 0 Å². The van der Waals surface area contributed by atoms with Gasteiger partial charge in [0.25, 0.3) is 0 Å². The van der Waals surface area contributed by atoms with E-state index >= 15 is 0 Å². The maximum absolute atomic E-state index is 6.07. The number of rotatable bonds is 4. The largest absolute Gasteiger partial charge is 0.490 e. The Morgan fingerprint density at radius 2 is 2.00 bits per heavy atom. The highest BCUT2D eigenvalue weighted by molar-refractivity contribution is 5.28. The summed E-state index contributed by atoms with van der Waals surface area (Å²) >= 11 is 0. The molecule has 0 spiro atoms. The molecule has 0 aromatic heterocycles. The molecule has 0 atom stereocenters. The fourth-order valence-corrected chi connectivity index (χ4v) is 2.83. The molecule has 0 bridgehead atoms. The third kappa shape index (κ3) is 3.95. The monoisotopic (exact) mass is 276 g/mol. The fourth-order valence-electron chi connectivity index (χ4n) is 2.83. The Kier molecular flexibility index (Phi) is 4.90. The molecule has 2 fully saturated rings. The summed E-state index contributed by atoms with van der Waals surface area (Å²) in [5.74, 6) is 1.00. The highest BCUT2D eigenvalue weighted by Crippen LogP contribution is 2.20. The molecule has 2 aliphatic heterocycles. The Labute approximate surface area is 121 Å². The van der Waals surface area contributed by atoms with E-state index in [9.17, 15) is 0 Å². The van der Waals surface area contributed by atoms with Gasteiger partial charge in [-0.1, -0.05) is 12.1 Å². The Morgan fingerprint density at radius 1 is 1.20 bits per heavy atom. The molecule has 1 aromatic rings. The standard InChI is InChI=1S/C16H24N2O2/c1-2-14(13-18-8-6-17-7-9-18)12-16(3-1)20-15-4-10-19-11-5-15/h1-3,12,15,17H,4-11,13H2. The molecule has 2 aliphatic rings. The first-order valence-corrected chi connectivity index (χ1v) is 7.66. The topological polar surface area (TPSA) is 33.7 Å². The minimum absolute atomic E-state index is 0.318. The van der Waals surface area contributed by atoms with E-state index in [0.717, 1.165) is 64.5 Å². The molecule has 2 saturated heterocycles. The molecule has 1 aromatic carbocycles. The van der Waals surface area contributed by atoms with Gasteiger partial charge in [0, 0.05) is 45.6 Å². The smallest absolute Gasteiger partial charge is 0.120 e. The van der Waals surface area contributed by atoms with Crippen LogP contribution in [0.25, 0.3) is 0 Å². The summed E-state index contributed by atoms with van der Waals surface area (Å²) < 4.78 is 11.4. The van der Waals surface area contributed by atoms with Crippen LogP contribution in [0.4, 0.5) is 0 Å². The van der Waals surface area contributed by atoms with E-state index in [4.69, 9.17) is 9.47 Å². The highest BCUT2D eigenvalue weighted by atomic mass is 16.5. The van der Waals surface area contributed by atoms with Crippen molar-refractivity contribution in [3.63, 3.8) is 0 Å². The molecule has 1 N–H and O–H groups in total. The molecule has 0 aliphatic carbocycles. The van der Waals surface area contributed by atoms with Crippen LogP contribution in [0.15, 0.2) is 24.3 Å². The minimum atomic E-state index is 0.318. The number of hydrogen-bond donors (Lipinski definition) is 1. The van der Waals surface area contributed by atoms with Crippen LogP contribution in [0.5, 0.6) is 5.75 Å². The van der Waals surface area contributed by atoms with E-state index in [1.807, 2.05) is 0 Å². The van der Waals surface area contributed by atoms with Crippen LogP contribution >= 0.6 is 0 Å². The summed E-state index contributed by atoms with van der Waals surface area (Å²) in [6.07, 6.45) is 2.32. The number of hydrogen-bond acceptors (Lipinski definition) is 4. The molecule has 0 saturated carbocycles. The van der Waals surface area contributed by atoms with E-state index in [1.165, 1.54) is 5.56 Å². The average molecular weight is 276 g/mol. The Balaban J connectivity index is 1.57. The summed E-state index contributed by atoms with van der Waals surface area (Å²) in [6, 6.07) is 8.55. The molecule has 4 nitrogen and oxygen atoms in total. The van der Waals surface area contributed by atoms with Crippen LogP contribution in [-0.2, 0) is 11.3 Å². The second-order valence-corrected chi connectivity index (χ2v) is 5.60. The van der Waals surface area contributed by atoms with Crippen molar-refractivity contribution in [2.24, 2.45) is 0 Å². The summed E-state index contributed by atoms with van der Waals surface area (Å²) in [5.41, 5.74) is 1.34. The van der Waals surface area contributed by atoms with Gasteiger partial charge < -0.3 is 14.8 Å². The number of nitrogens with one attached hydrogen (secondary N) is 1. The van der Waals surface area contributed by atoms with Gasteiger partial charge in [0.15, 0.2) is 0 Å². The number of piperazine rings is 1. The molecule has 4 heteroatoms. The number of nitrogens with zero attached hydrogens (tertiary/aromatic N) is 1. The van der Waals surface area contributed by atoms with Crippen molar-refractivity contribution >= 4 is 0 Å². The highest BCUT2D eigenvalue weighted by Gasteiger charge is 2.15. The van der Waals surface area contributed by atoms with E-state index < -0.39 is 0 Å². The predicted octanol–water partition coefficient (Wildman–Crippen LogP) is 1.65. The van der Waals surface area contributed by atoms with E-state index in [2.05, 4.69) is 34.5 Å². The van der Waals surface area contributed by atoms with Gasteiger partial charge >= 0.3 is 0 Å². The lowest BCUT2D eigenvalue weighted by molar-refractivity contribution is 0.0255. The van der Waals surface area contributed by atoms with Crippen molar-refractivity contribution < 1.29 is 9.47 Å². The molecule has 2 heterocycles. The van der Waals surface area contributed by atoms with E-state index in [1.54, 1.807) is 0 Å². The third-order valence-electron chi connectivity index (χ3n) is 3.99. The lowest BCUT2D eigenvalue weighted by atomic mass is 10.1. The molecule has 0 amide bonds. The normalized spacial score (nSPS) is 21.8. The Hall–Kier alpha value is -1.10. The van der Waals surface area contributed by atoms with E-state index in [0.29, 0.717) is 6.10 Å². The first kappa shape index (κ1) is 13.9. The molecule has 110 valence electrons. The number of ether oxygens (including phenoxy) is 2. The Morgan fingerprint density at radius 3 is 2.80 bits per heavy atom. The van der Waals surface area contributed by atoms with Crippen LogP contribution in [-0.4, -0.2) is 50.4 Å². The quantitative estimate of drug-likeness (QED) is 0.906. The van der Waals surface area contributed by atoms with Crippen molar-refractivity contribution in [3.05, 3.63) is 29.8 Å². The third-order valence-corrected chi connectivity index (χ3v) is 3.99. The predicted molar refractivity (Wildman–Crippen MR) is 79.1 cm³/mol. The molecule has 0 radical (unpaired) electrons. The molecular formula is C16H24N2O2. The maximum atomic E-state index is 6.07. The zero-order valence-corrected chi connectivity index (χ0v) is 12.0. The first-order valence-electron chi connectivity index (χ1n) is 7.66. The van der Waals surface area contributed by atoms with Gasteiger partial charge in [-0.2, -0.15) is 0 Å². The molecule has 3 rings (SSSR count). The summed E-state index contributed by atoms with van der Waals surface area (Å²) in [5, 5.41) is 3.39. The zero-order chi connectivity index (χ0) is 13.6. The molecule has 20 heavy (non-hydrogen) atoms. The van der Waals surface area contributed by atoms with Gasteiger partial charge in [0.2, 0.25) is 0 Å². The second-order valence-electron chi connectivity index (χ2n) is 5.60. The van der Waals surface area contributed by atoms with Crippen LogP contribution in [0.1, 0.15) is 18.4 Å². The van der Waals surface area contributed by atoms with Gasteiger partial charge in [0.05, 0.1) is 13.2 Å². The van der Waals surface area contributed by atoms with Gasteiger partial charge in [-0.15, -0.1) is 0 Å². The second kappa shape index (κ2) is 7.07. The van der Waals surface area contributed by atoms with Crippen LogP contribution in [0, 0.1) is 0 Å². The summed E-state index contributed by atoms with van der Waals surface area (Å²) in [6.45, 7) is 7.12. The van der Waals surface area contributed by atoms with Crippen molar-refractivity contribution in [2.45, 2.75) is 25.5 Å². The summed E-state index contributed by atoms with van der Waals surface area (Å²) in [7, 11) is 0. The van der Waals surface area contributed by atoms with Gasteiger partial charge in [-0.05, 0) is 17.7 Å². The van der Waals surface area contributed by atoms with Crippen LogP contribution in [0.3, 0.4) is 0 Å². The van der Waals surface area contributed by atoms with Gasteiger partial charge in [-0.3, -0.25) is 4.90 Å². The minimum Gasteiger partial charge on any atom is -0.490 e. The van der Waals surface area contributed by atoms with Crippen molar-refractivity contribution in [1.29, 1.82) is 0 Å². The SMILES string of the molecule is c1cc(CN2CCNCC2)cc(OC2CCOCC2)c1. The fraction of sp³-hybridized carbons (Fsp3) is 0.625. The van der Waals surface area contributed by atoms with Gasteiger partial charge in [0.1, 0.15) is 11.9 Å². The lowest BCUT2D eigenvalue weighted by Gasteiger charge is -2.27. The van der Waals surface area contributed by atoms with Crippen molar-refractivity contribution in [1.82, 2.24) is 10.2 Å².